The summed E-state index contributed by atoms with van der Waals surface area (Å²) >= 11 is 0. The van der Waals surface area contributed by atoms with Gasteiger partial charge in [-0.3, -0.25) is 4.79 Å². The topological polar surface area (TPSA) is 44.7 Å². The van der Waals surface area contributed by atoms with E-state index in [1.54, 1.807) is 12.1 Å². The summed E-state index contributed by atoms with van der Waals surface area (Å²) in [5, 5.41) is 9.32. The van der Waals surface area contributed by atoms with Gasteiger partial charge in [0.2, 0.25) is 0 Å². The van der Waals surface area contributed by atoms with Crippen LogP contribution in [0.3, 0.4) is 0 Å². The van der Waals surface area contributed by atoms with Gasteiger partial charge in [-0.2, -0.15) is 5.10 Å². The highest BCUT2D eigenvalue weighted by molar-refractivity contribution is 6.02. The van der Waals surface area contributed by atoms with Gasteiger partial charge in [0.15, 0.2) is 0 Å². The molecule has 2 aromatic rings. The van der Waals surface area contributed by atoms with E-state index in [4.69, 9.17) is 0 Å². The number of hydrogen-bond acceptors (Lipinski definition) is 3. The summed E-state index contributed by atoms with van der Waals surface area (Å²) in [5.41, 5.74) is 2.98. The quantitative estimate of drug-likeness (QED) is 0.860. The lowest BCUT2D eigenvalue weighted by molar-refractivity contribution is -0.129. The Morgan fingerprint density at radius 2 is 1.85 bits per heavy atom. The smallest absolute Gasteiger partial charge is 0.256 e. The van der Waals surface area contributed by atoms with Crippen molar-refractivity contribution in [3.8, 4) is 0 Å². The Balaban J connectivity index is 1.62. The Kier molecular flexibility index (Phi) is 5.78. The van der Waals surface area contributed by atoms with E-state index >= 15 is 0 Å². The van der Waals surface area contributed by atoms with Crippen LogP contribution >= 0.6 is 0 Å². The largest absolute Gasteiger partial charge is 0.301 e. The molecule has 1 atom stereocenters. The molecule has 0 radical (unpaired) electrons. The van der Waals surface area contributed by atoms with Crippen molar-refractivity contribution in [2.24, 2.45) is 11.0 Å². The van der Waals surface area contributed by atoms with Gasteiger partial charge in [0.05, 0.1) is 18.8 Å². The van der Waals surface area contributed by atoms with Crippen LogP contribution in [0.15, 0.2) is 59.7 Å². The second-order valence-corrected chi connectivity index (χ2v) is 6.83. The molecule has 1 aliphatic heterocycles. The van der Waals surface area contributed by atoms with Crippen LogP contribution in [0.1, 0.15) is 37.4 Å². The number of halogens is 1. The average molecular weight is 353 g/mol. The second kappa shape index (κ2) is 8.23. The zero-order valence-electron chi connectivity index (χ0n) is 15.2. The van der Waals surface area contributed by atoms with Gasteiger partial charge < -0.3 is 5.32 Å². The fourth-order valence-electron chi connectivity index (χ4n) is 3.17. The van der Waals surface area contributed by atoms with Crippen LogP contribution in [0.5, 0.6) is 0 Å². The van der Waals surface area contributed by atoms with Crippen LogP contribution in [0.2, 0.25) is 0 Å². The van der Waals surface area contributed by atoms with Crippen molar-refractivity contribution in [2.75, 3.05) is 13.1 Å². The summed E-state index contributed by atoms with van der Waals surface area (Å²) in [6, 6.07) is 16.3. The zero-order chi connectivity index (χ0) is 18.5. The Morgan fingerprint density at radius 1 is 1.15 bits per heavy atom. The van der Waals surface area contributed by atoms with Crippen molar-refractivity contribution in [3.05, 3.63) is 71.5 Å². The molecular weight excluding hydrogens is 329 g/mol. The molecule has 1 N–H and O–H groups in total. The molecule has 26 heavy (non-hydrogen) atoms. The lowest BCUT2D eigenvalue weighted by Gasteiger charge is -2.23. The van der Waals surface area contributed by atoms with Gasteiger partial charge in [0.1, 0.15) is 5.82 Å². The lowest BCUT2D eigenvalue weighted by Crippen LogP contribution is -2.37. The minimum absolute atomic E-state index is 0.0141. The molecule has 1 heterocycles. The molecule has 136 valence electrons. The van der Waals surface area contributed by atoms with Gasteiger partial charge in [0.25, 0.3) is 5.91 Å². The maximum absolute atomic E-state index is 13.2. The summed E-state index contributed by atoms with van der Waals surface area (Å²) < 4.78 is 13.2. The number of nitrogens with one attached hydrogen (secondary N) is 1. The van der Waals surface area contributed by atoms with E-state index in [-0.39, 0.29) is 30.2 Å². The highest BCUT2D eigenvalue weighted by Crippen LogP contribution is 2.22. The SMILES string of the molecule is CC(C)C(NCC(=O)N1CCC(c2ccccc2)=N1)c1ccc(F)cc1. The van der Waals surface area contributed by atoms with Crippen LogP contribution in [0, 0.1) is 11.7 Å². The summed E-state index contributed by atoms with van der Waals surface area (Å²) in [7, 11) is 0. The van der Waals surface area contributed by atoms with E-state index in [1.807, 2.05) is 30.3 Å². The van der Waals surface area contributed by atoms with Crippen LogP contribution in [0.25, 0.3) is 0 Å². The van der Waals surface area contributed by atoms with E-state index in [0.717, 1.165) is 23.3 Å². The standard InChI is InChI=1S/C21H24FN3O/c1-15(2)21(17-8-10-18(22)11-9-17)23-14-20(26)25-13-12-19(24-25)16-6-4-3-5-7-16/h3-11,15,21,23H,12-14H2,1-2H3. The summed E-state index contributed by atoms with van der Waals surface area (Å²) in [6.45, 7) is 4.96. The van der Waals surface area contributed by atoms with Crippen LogP contribution in [-0.2, 0) is 4.79 Å². The van der Waals surface area contributed by atoms with Gasteiger partial charge in [-0.15, -0.1) is 0 Å². The van der Waals surface area contributed by atoms with Gasteiger partial charge in [-0.1, -0.05) is 56.3 Å². The maximum atomic E-state index is 13.2. The molecule has 1 aliphatic rings. The molecule has 0 fully saturated rings. The molecule has 5 heteroatoms. The third-order valence-electron chi connectivity index (χ3n) is 4.57. The highest BCUT2D eigenvalue weighted by Gasteiger charge is 2.23. The number of nitrogens with zero attached hydrogens (tertiary/aromatic N) is 2. The molecule has 4 nitrogen and oxygen atoms in total. The first-order chi connectivity index (χ1) is 12.5. The molecule has 0 aliphatic carbocycles. The Labute approximate surface area is 153 Å². The summed E-state index contributed by atoms with van der Waals surface area (Å²) in [6.07, 6.45) is 0.765. The number of rotatable bonds is 6. The average Bonchev–Trinajstić information content (AvgIpc) is 3.14. The fraction of sp³-hybridized carbons (Fsp3) is 0.333. The van der Waals surface area contributed by atoms with Gasteiger partial charge in [-0.05, 0) is 29.2 Å². The molecule has 0 aromatic heterocycles. The van der Waals surface area contributed by atoms with Crippen molar-refractivity contribution in [1.29, 1.82) is 0 Å². The molecule has 0 bridgehead atoms. The van der Waals surface area contributed by atoms with E-state index in [1.165, 1.54) is 17.1 Å². The second-order valence-electron chi connectivity index (χ2n) is 6.83. The van der Waals surface area contributed by atoms with E-state index < -0.39 is 0 Å². The van der Waals surface area contributed by atoms with Crippen molar-refractivity contribution in [2.45, 2.75) is 26.3 Å². The third kappa shape index (κ3) is 4.35. The predicted molar refractivity (Wildman–Crippen MR) is 101 cm³/mol. The Bertz CT molecular complexity index is 772. The minimum Gasteiger partial charge on any atom is -0.301 e. The monoisotopic (exact) mass is 353 g/mol. The molecule has 0 saturated carbocycles. The Hall–Kier alpha value is -2.53. The van der Waals surface area contributed by atoms with Crippen molar-refractivity contribution in [3.63, 3.8) is 0 Å². The number of hydrazone groups is 1. The molecule has 0 spiro atoms. The normalized spacial score (nSPS) is 15.2. The molecule has 2 aromatic carbocycles. The van der Waals surface area contributed by atoms with Crippen LogP contribution < -0.4 is 5.32 Å². The van der Waals surface area contributed by atoms with Crippen LogP contribution in [0.4, 0.5) is 4.39 Å². The lowest BCUT2D eigenvalue weighted by atomic mass is 9.96. The number of amides is 1. The van der Waals surface area contributed by atoms with E-state index in [9.17, 15) is 9.18 Å². The molecule has 1 amide bonds. The van der Waals surface area contributed by atoms with Crippen molar-refractivity contribution >= 4 is 11.6 Å². The maximum Gasteiger partial charge on any atom is 0.256 e. The van der Waals surface area contributed by atoms with Gasteiger partial charge in [-0.25, -0.2) is 9.40 Å². The number of carbonyl (C=O) groups is 1. The molecular formula is C21H24FN3O. The van der Waals surface area contributed by atoms with Crippen LogP contribution in [-0.4, -0.2) is 29.7 Å². The van der Waals surface area contributed by atoms with Crippen molar-refractivity contribution in [1.82, 2.24) is 10.3 Å². The predicted octanol–water partition coefficient (Wildman–Crippen LogP) is 3.75. The number of carbonyl (C=O) groups excluding carboxylic acids is 1. The first-order valence-electron chi connectivity index (χ1n) is 8.96. The zero-order valence-corrected chi connectivity index (χ0v) is 15.2. The van der Waals surface area contributed by atoms with Crippen molar-refractivity contribution < 1.29 is 9.18 Å². The number of hydrogen-bond donors (Lipinski definition) is 1. The van der Waals surface area contributed by atoms with E-state index in [0.29, 0.717) is 6.54 Å². The fourth-order valence-corrected chi connectivity index (χ4v) is 3.17. The first kappa shape index (κ1) is 18.3. The highest BCUT2D eigenvalue weighted by atomic mass is 19.1. The molecule has 0 saturated heterocycles. The number of benzene rings is 2. The molecule has 3 rings (SSSR count). The van der Waals surface area contributed by atoms with Gasteiger partial charge in [0, 0.05) is 12.5 Å². The summed E-state index contributed by atoms with van der Waals surface area (Å²) in [4.78, 5) is 12.5. The minimum atomic E-state index is -0.257. The summed E-state index contributed by atoms with van der Waals surface area (Å²) in [5.74, 6) is -0.0360. The molecule has 1 unspecified atom stereocenters. The van der Waals surface area contributed by atoms with E-state index in [2.05, 4.69) is 24.3 Å². The van der Waals surface area contributed by atoms with Gasteiger partial charge >= 0.3 is 0 Å². The third-order valence-corrected chi connectivity index (χ3v) is 4.57. The Morgan fingerprint density at radius 3 is 2.50 bits per heavy atom. The first-order valence-corrected chi connectivity index (χ1v) is 8.96.